The van der Waals surface area contributed by atoms with Crippen LogP contribution in [0.5, 0.6) is 0 Å². The molecule has 2 atom stereocenters. The average Bonchev–Trinajstić information content (AvgIpc) is 2.99. The highest BCUT2D eigenvalue weighted by atomic mass is 16.5. The molecule has 0 aromatic heterocycles. The van der Waals surface area contributed by atoms with Gasteiger partial charge in [0.25, 0.3) is 0 Å². The zero-order valence-corrected chi connectivity index (χ0v) is 15.9. The van der Waals surface area contributed by atoms with E-state index in [2.05, 4.69) is 17.4 Å². The summed E-state index contributed by atoms with van der Waals surface area (Å²) in [6, 6.07) is 16.2. The topological polar surface area (TPSA) is 75.6 Å². The number of ether oxygens (including phenoxy) is 1. The van der Waals surface area contributed by atoms with Gasteiger partial charge in [-0.3, -0.25) is 0 Å². The number of aliphatic carboxylic acids is 1. The fourth-order valence-corrected chi connectivity index (χ4v) is 3.64. The van der Waals surface area contributed by atoms with Crippen LogP contribution in [0.3, 0.4) is 0 Å². The molecular weight excluding hydrogens is 342 g/mol. The molecule has 0 aliphatic heterocycles. The minimum Gasteiger partial charge on any atom is -0.480 e. The van der Waals surface area contributed by atoms with Crippen molar-refractivity contribution in [3.05, 3.63) is 59.7 Å². The number of carbonyl (C=O) groups is 2. The summed E-state index contributed by atoms with van der Waals surface area (Å²) in [5.41, 5.74) is 3.18. The van der Waals surface area contributed by atoms with Crippen LogP contribution in [0, 0.1) is 5.92 Å². The molecule has 1 aliphatic carbocycles. The first-order chi connectivity index (χ1) is 12.9. The molecule has 0 unspecified atom stereocenters. The van der Waals surface area contributed by atoms with Crippen LogP contribution in [0.1, 0.15) is 44.2 Å². The number of carboxylic acid groups (broad SMARTS) is 1. The molecule has 5 heteroatoms. The number of rotatable bonds is 6. The van der Waals surface area contributed by atoms with Gasteiger partial charge in [-0.1, -0.05) is 68.8 Å². The molecule has 0 heterocycles. The molecule has 1 aliphatic rings. The number of carbonyl (C=O) groups excluding carboxylic acids is 1. The molecule has 142 valence electrons. The monoisotopic (exact) mass is 367 g/mol. The number of benzene rings is 2. The molecule has 0 saturated heterocycles. The zero-order chi connectivity index (χ0) is 19.6. The summed E-state index contributed by atoms with van der Waals surface area (Å²) in [6.07, 6.45) is -0.0750. The molecule has 0 fully saturated rings. The molecule has 3 rings (SSSR count). The average molecular weight is 367 g/mol. The van der Waals surface area contributed by atoms with Crippen LogP contribution < -0.4 is 5.32 Å². The van der Waals surface area contributed by atoms with Crippen LogP contribution >= 0.6 is 0 Å². The second-order valence-corrected chi connectivity index (χ2v) is 7.27. The fraction of sp³-hybridized carbons (Fsp3) is 0.364. The second kappa shape index (κ2) is 7.43. The molecule has 0 saturated carbocycles. The lowest BCUT2D eigenvalue weighted by Crippen LogP contribution is -2.56. The highest BCUT2D eigenvalue weighted by Crippen LogP contribution is 2.44. The summed E-state index contributed by atoms with van der Waals surface area (Å²) in [6.45, 7) is 5.38. The summed E-state index contributed by atoms with van der Waals surface area (Å²) in [7, 11) is 0. The minimum absolute atomic E-state index is 0.0529. The van der Waals surface area contributed by atoms with Crippen molar-refractivity contribution in [2.45, 2.75) is 38.6 Å². The second-order valence-electron chi connectivity index (χ2n) is 7.27. The quantitative estimate of drug-likeness (QED) is 0.793. The highest BCUT2D eigenvalue weighted by Gasteiger charge is 2.40. The third-order valence-electron chi connectivity index (χ3n) is 5.75. The lowest BCUT2D eigenvalue weighted by Gasteiger charge is -2.31. The van der Waals surface area contributed by atoms with Crippen LogP contribution in [-0.4, -0.2) is 29.3 Å². The first-order valence-corrected chi connectivity index (χ1v) is 9.25. The first kappa shape index (κ1) is 19.0. The Morgan fingerprint density at radius 1 is 1.11 bits per heavy atom. The van der Waals surface area contributed by atoms with E-state index in [4.69, 9.17) is 4.74 Å². The van der Waals surface area contributed by atoms with Crippen LogP contribution in [0.4, 0.5) is 4.79 Å². The molecule has 0 bridgehead atoms. The molecule has 0 spiro atoms. The highest BCUT2D eigenvalue weighted by molar-refractivity contribution is 5.84. The lowest BCUT2D eigenvalue weighted by molar-refractivity contribution is -0.146. The maximum absolute atomic E-state index is 12.4. The molecule has 27 heavy (non-hydrogen) atoms. The van der Waals surface area contributed by atoms with Crippen molar-refractivity contribution >= 4 is 12.1 Å². The van der Waals surface area contributed by atoms with Crippen molar-refractivity contribution < 1.29 is 19.4 Å². The number of hydrogen-bond donors (Lipinski definition) is 2. The van der Waals surface area contributed by atoms with Crippen LogP contribution in [0.25, 0.3) is 11.1 Å². The molecule has 2 N–H and O–H groups in total. The molecule has 2 aromatic rings. The SMILES string of the molecule is CC[C@@H](C)[C@](C)(NC(=O)OCC1c2ccccc2-c2ccccc21)C(=O)O. The first-order valence-electron chi connectivity index (χ1n) is 9.25. The maximum Gasteiger partial charge on any atom is 0.408 e. The standard InChI is InChI=1S/C22H25NO4/c1-4-14(2)22(3,20(24)25)23-21(26)27-13-19-17-11-7-5-9-15(17)16-10-6-8-12-18(16)19/h5-12,14,19H,4,13H2,1-3H3,(H,23,26)(H,24,25)/t14-,22+/m1/s1. The number of hydrogen-bond acceptors (Lipinski definition) is 3. The van der Waals surface area contributed by atoms with Gasteiger partial charge in [-0.2, -0.15) is 0 Å². The smallest absolute Gasteiger partial charge is 0.408 e. The van der Waals surface area contributed by atoms with E-state index in [-0.39, 0.29) is 18.4 Å². The van der Waals surface area contributed by atoms with Gasteiger partial charge < -0.3 is 15.2 Å². The predicted octanol–water partition coefficient (Wildman–Crippen LogP) is 4.41. The van der Waals surface area contributed by atoms with Crippen LogP contribution in [0.15, 0.2) is 48.5 Å². The molecule has 0 radical (unpaired) electrons. The Balaban J connectivity index is 1.75. The van der Waals surface area contributed by atoms with Crippen LogP contribution in [0.2, 0.25) is 0 Å². The molecule has 1 amide bonds. The number of carboxylic acids is 1. The number of alkyl carbamates (subject to hydrolysis) is 1. The van der Waals surface area contributed by atoms with Gasteiger partial charge >= 0.3 is 12.1 Å². The van der Waals surface area contributed by atoms with E-state index < -0.39 is 17.6 Å². The van der Waals surface area contributed by atoms with E-state index in [1.165, 1.54) is 6.92 Å². The van der Waals surface area contributed by atoms with E-state index >= 15 is 0 Å². The Labute approximate surface area is 159 Å². The largest absolute Gasteiger partial charge is 0.480 e. The van der Waals surface area contributed by atoms with Crippen molar-refractivity contribution in [3.63, 3.8) is 0 Å². The van der Waals surface area contributed by atoms with Crippen LogP contribution in [-0.2, 0) is 9.53 Å². The van der Waals surface area contributed by atoms with Gasteiger partial charge in [0, 0.05) is 5.92 Å². The summed E-state index contributed by atoms with van der Waals surface area (Å²) < 4.78 is 5.47. The van der Waals surface area contributed by atoms with Gasteiger partial charge in [0.15, 0.2) is 0 Å². The van der Waals surface area contributed by atoms with Gasteiger partial charge in [0.05, 0.1) is 0 Å². The Hall–Kier alpha value is -2.82. The molecule has 5 nitrogen and oxygen atoms in total. The van der Waals surface area contributed by atoms with Crippen molar-refractivity contribution in [2.75, 3.05) is 6.61 Å². The van der Waals surface area contributed by atoms with E-state index in [0.29, 0.717) is 6.42 Å². The Kier molecular flexibility index (Phi) is 5.22. The third-order valence-corrected chi connectivity index (χ3v) is 5.75. The van der Waals surface area contributed by atoms with E-state index in [1.54, 1.807) is 6.92 Å². The Bertz CT molecular complexity index is 817. The summed E-state index contributed by atoms with van der Waals surface area (Å²) in [5, 5.41) is 12.1. The van der Waals surface area contributed by atoms with Crippen molar-refractivity contribution in [1.29, 1.82) is 0 Å². The molecule has 2 aromatic carbocycles. The zero-order valence-electron chi connectivity index (χ0n) is 15.9. The van der Waals surface area contributed by atoms with E-state index in [0.717, 1.165) is 22.3 Å². The third kappa shape index (κ3) is 3.42. The summed E-state index contributed by atoms with van der Waals surface area (Å²) >= 11 is 0. The number of fused-ring (bicyclic) bond motifs is 3. The van der Waals surface area contributed by atoms with Gasteiger partial charge in [0.2, 0.25) is 0 Å². The maximum atomic E-state index is 12.4. The molecular formula is C22H25NO4. The summed E-state index contributed by atoms with van der Waals surface area (Å²) in [4.78, 5) is 24.0. The van der Waals surface area contributed by atoms with E-state index in [9.17, 15) is 14.7 Å². The summed E-state index contributed by atoms with van der Waals surface area (Å²) in [5.74, 6) is -1.34. The van der Waals surface area contributed by atoms with Crippen molar-refractivity contribution in [2.24, 2.45) is 5.92 Å². The van der Waals surface area contributed by atoms with E-state index in [1.807, 2.05) is 43.3 Å². The van der Waals surface area contributed by atoms with Gasteiger partial charge in [-0.05, 0) is 35.1 Å². The van der Waals surface area contributed by atoms with Crippen molar-refractivity contribution in [3.8, 4) is 11.1 Å². The van der Waals surface area contributed by atoms with Gasteiger partial charge in [-0.15, -0.1) is 0 Å². The number of nitrogens with one attached hydrogen (secondary N) is 1. The lowest BCUT2D eigenvalue weighted by atomic mass is 9.85. The fourth-order valence-electron chi connectivity index (χ4n) is 3.64. The Morgan fingerprint density at radius 3 is 2.11 bits per heavy atom. The predicted molar refractivity (Wildman–Crippen MR) is 104 cm³/mol. The minimum atomic E-state index is -1.36. The van der Waals surface area contributed by atoms with Crippen molar-refractivity contribution in [1.82, 2.24) is 5.32 Å². The van der Waals surface area contributed by atoms with Gasteiger partial charge in [0.1, 0.15) is 12.1 Å². The normalized spacial score (nSPS) is 16.0. The number of amides is 1. The Morgan fingerprint density at radius 2 is 1.63 bits per heavy atom. The van der Waals surface area contributed by atoms with Gasteiger partial charge in [-0.25, -0.2) is 9.59 Å².